The number of piperidine rings is 1. The van der Waals surface area contributed by atoms with E-state index in [0.717, 1.165) is 30.6 Å². The maximum Gasteiger partial charge on any atom is 0.260 e. The number of benzene rings is 1. The van der Waals surface area contributed by atoms with E-state index in [-0.39, 0.29) is 24.0 Å². The third-order valence-corrected chi connectivity index (χ3v) is 6.24. The lowest BCUT2D eigenvalue weighted by molar-refractivity contribution is -0.142. The number of hydrogen-bond donors (Lipinski definition) is 1. The van der Waals surface area contributed by atoms with Gasteiger partial charge in [-0.15, -0.1) is 11.8 Å². The van der Waals surface area contributed by atoms with Gasteiger partial charge in [0.1, 0.15) is 12.4 Å². The van der Waals surface area contributed by atoms with Crippen LogP contribution >= 0.6 is 11.8 Å². The lowest BCUT2D eigenvalue weighted by atomic mass is 9.85. The molecule has 0 radical (unpaired) electrons. The van der Waals surface area contributed by atoms with E-state index in [2.05, 4.69) is 0 Å². The first-order valence-corrected chi connectivity index (χ1v) is 10.3. The Kier molecular flexibility index (Phi) is 6.09. The first kappa shape index (κ1) is 19.0. The fourth-order valence-electron chi connectivity index (χ4n) is 4.01. The van der Waals surface area contributed by atoms with Gasteiger partial charge in [0.2, 0.25) is 5.91 Å². The van der Waals surface area contributed by atoms with Gasteiger partial charge in [0.25, 0.3) is 5.91 Å². The highest BCUT2D eigenvalue weighted by Crippen LogP contribution is 2.38. The van der Waals surface area contributed by atoms with E-state index in [9.17, 15) is 14.7 Å². The first-order valence-electron chi connectivity index (χ1n) is 9.04. The molecular formula is C19H26N2O4S. The van der Waals surface area contributed by atoms with Crippen LogP contribution in [-0.2, 0) is 9.59 Å². The molecule has 142 valence electrons. The topological polar surface area (TPSA) is 70.1 Å². The summed E-state index contributed by atoms with van der Waals surface area (Å²) in [6, 6.07) is 7.70. The highest BCUT2D eigenvalue weighted by atomic mass is 32.2. The number of hydrogen-bond acceptors (Lipinski definition) is 5. The minimum atomic E-state index is -0.437. The molecule has 1 N–H and O–H groups in total. The largest absolute Gasteiger partial charge is 0.484 e. The summed E-state index contributed by atoms with van der Waals surface area (Å²) in [5.41, 5.74) is -0.175. The number of amides is 2. The molecule has 3 rings (SSSR count). The van der Waals surface area contributed by atoms with Crippen LogP contribution in [0.4, 0.5) is 0 Å². The van der Waals surface area contributed by atoms with Crippen molar-refractivity contribution < 1.29 is 19.4 Å². The molecule has 2 amide bonds. The summed E-state index contributed by atoms with van der Waals surface area (Å²) in [6.07, 6.45) is 5.48. The molecule has 7 heteroatoms. The molecule has 2 aliphatic heterocycles. The van der Waals surface area contributed by atoms with Crippen LogP contribution in [0, 0.1) is 0 Å². The van der Waals surface area contributed by atoms with Crippen LogP contribution in [0.15, 0.2) is 29.2 Å². The van der Waals surface area contributed by atoms with Gasteiger partial charge in [-0.05, 0) is 56.2 Å². The smallest absolute Gasteiger partial charge is 0.260 e. The molecule has 1 spiro atoms. The van der Waals surface area contributed by atoms with Crippen molar-refractivity contribution in [3.05, 3.63) is 24.3 Å². The van der Waals surface area contributed by atoms with Gasteiger partial charge in [0.15, 0.2) is 6.61 Å². The molecule has 26 heavy (non-hydrogen) atoms. The monoisotopic (exact) mass is 378 g/mol. The first-order chi connectivity index (χ1) is 12.6. The van der Waals surface area contributed by atoms with E-state index < -0.39 is 6.61 Å². The number of carbonyl (C=O) groups excluding carboxylic acids is 2. The highest BCUT2D eigenvalue weighted by Gasteiger charge is 2.45. The molecule has 1 aromatic rings. The number of carbonyl (C=O) groups is 2. The predicted octanol–water partition coefficient (Wildman–Crippen LogP) is 1.76. The second-order valence-electron chi connectivity index (χ2n) is 6.88. The molecule has 0 bridgehead atoms. The van der Waals surface area contributed by atoms with Crippen molar-refractivity contribution in [2.24, 2.45) is 0 Å². The number of ether oxygens (including phenoxy) is 1. The Labute approximate surface area is 158 Å². The highest BCUT2D eigenvalue weighted by molar-refractivity contribution is 7.98. The summed E-state index contributed by atoms with van der Waals surface area (Å²) in [4.78, 5) is 29.2. The Hall–Kier alpha value is -1.73. The number of likely N-dealkylation sites (tertiary alicyclic amines) is 2. The molecule has 0 unspecified atom stereocenters. The van der Waals surface area contributed by atoms with Crippen LogP contribution < -0.4 is 4.74 Å². The summed E-state index contributed by atoms with van der Waals surface area (Å²) < 4.78 is 5.62. The molecule has 0 aromatic heterocycles. The molecule has 2 saturated heterocycles. The maximum atomic E-state index is 12.4. The third-order valence-electron chi connectivity index (χ3n) is 5.50. The number of rotatable bonds is 5. The Balaban J connectivity index is 1.51. The number of aliphatic hydroxyl groups excluding tert-OH is 1. The van der Waals surface area contributed by atoms with Gasteiger partial charge >= 0.3 is 0 Å². The summed E-state index contributed by atoms with van der Waals surface area (Å²) in [5, 5.41) is 9.19. The molecule has 0 saturated carbocycles. The van der Waals surface area contributed by atoms with Gasteiger partial charge in [-0.3, -0.25) is 9.59 Å². The standard InChI is InChI=1S/C19H26N2O4S/c1-26-16-5-3-15(4-6-16)25-14-18(24)20-11-8-19(9-12-20)7-2-10-21(19)17(23)13-22/h3-6,22H,2,7-14H2,1H3. The van der Waals surface area contributed by atoms with Crippen LogP contribution in [0.25, 0.3) is 0 Å². The molecule has 6 nitrogen and oxygen atoms in total. The van der Waals surface area contributed by atoms with E-state index in [1.54, 1.807) is 11.8 Å². The number of nitrogens with zero attached hydrogens (tertiary/aromatic N) is 2. The minimum absolute atomic E-state index is 0.0215. The molecule has 0 aliphatic carbocycles. The van der Waals surface area contributed by atoms with Gasteiger partial charge in [-0.2, -0.15) is 0 Å². The SMILES string of the molecule is CSc1ccc(OCC(=O)N2CCC3(CCCN3C(=O)CO)CC2)cc1. The van der Waals surface area contributed by atoms with Crippen molar-refractivity contribution in [3.63, 3.8) is 0 Å². The van der Waals surface area contributed by atoms with E-state index in [4.69, 9.17) is 4.74 Å². The van der Waals surface area contributed by atoms with Crippen LogP contribution in [0.1, 0.15) is 25.7 Å². The zero-order chi connectivity index (χ0) is 18.6. The second-order valence-corrected chi connectivity index (χ2v) is 7.76. The molecule has 2 aliphatic rings. The predicted molar refractivity (Wildman–Crippen MR) is 100 cm³/mol. The van der Waals surface area contributed by atoms with Crippen LogP contribution in [0.5, 0.6) is 5.75 Å². The number of thioether (sulfide) groups is 1. The van der Waals surface area contributed by atoms with Crippen molar-refractivity contribution in [1.82, 2.24) is 9.80 Å². The van der Waals surface area contributed by atoms with E-state index in [0.29, 0.717) is 25.4 Å². The Morgan fingerprint density at radius 3 is 2.42 bits per heavy atom. The van der Waals surface area contributed by atoms with Gasteiger partial charge in [0, 0.05) is 30.1 Å². The normalized spacial score (nSPS) is 19.0. The summed E-state index contributed by atoms with van der Waals surface area (Å²) in [5.74, 6) is 0.478. The zero-order valence-corrected chi connectivity index (χ0v) is 16.0. The molecule has 2 heterocycles. The Morgan fingerprint density at radius 1 is 1.12 bits per heavy atom. The number of aliphatic hydroxyl groups is 1. The summed E-state index contributed by atoms with van der Waals surface area (Å²) in [6.45, 7) is 1.56. The Morgan fingerprint density at radius 2 is 1.81 bits per heavy atom. The van der Waals surface area contributed by atoms with Crippen molar-refractivity contribution in [3.8, 4) is 5.75 Å². The van der Waals surface area contributed by atoms with Crippen LogP contribution in [-0.4, -0.2) is 71.4 Å². The summed E-state index contributed by atoms with van der Waals surface area (Å²) in [7, 11) is 0. The zero-order valence-electron chi connectivity index (χ0n) is 15.1. The average molecular weight is 378 g/mol. The van der Waals surface area contributed by atoms with E-state index >= 15 is 0 Å². The molecule has 0 atom stereocenters. The summed E-state index contributed by atoms with van der Waals surface area (Å²) >= 11 is 1.66. The minimum Gasteiger partial charge on any atom is -0.484 e. The van der Waals surface area contributed by atoms with Gasteiger partial charge < -0.3 is 19.6 Å². The van der Waals surface area contributed by atoms with Crippen LogP contribution in [0.3, 0.4) is 0 Å². The third kappa shape index (κ3) is 3.99. The van der Waals surface area contributed by atoms with E-state index in [1.807, 2.05) is 40.3 Å². The lowest BCUT2D eigenvalue weighted by Crippen LogP contribution is -2.56. The fraction of sp³-hybridized carbons (Fsp3) is 0.579. The van der Waals surface area contributed by atoms with E-state index in [1.165, 1.54) is 0 Å². The van der Waals surface area contributed by atoms with Crippen LogP contribution in [0.2, 0.25) is 0 Å². The van der Waals surface area contributed by atoms with Crippen molar-refractivity contribution >= 4 is 23.6 Å². The second kappa shape index (κ2) is 8.31. The van der Waals surface area contributed by atoms with Crippen molar-refractivity contribution in [2.45, 2.75) is 36.1 Å². The quantitative estimate of drug-likeness (QED) is 0.791. The lowest BCUT2D eigenvalue weighted by Gasteiger charge is -2.44. The van der Waals surface area contributed by atoms with Crippen molar-refractivity contribution in [1.29, 1.82) is 0 Å². The average Bonchev–Trinajstić information content (AvgIpc) is 3.09. The van der Waals surface area contributed by atoms with Gasteiger partial charge in [-0.25, -0.2) is 0 Å². The van der Waals surface area contributed by atoms with Gasteiger partial charge in [-0.1, -0.05) is 0 Å². The molecule has 2 fully saturated rings. The van der Waals surface area contributed by atoms with Crippen molar-refractivity contribution in [2.75, 3.05) is 39.1 Å². The molecule has 1 aromatic carbocycles. The maximum absolute atomic E-state index is 12.4. The fourth-order valence-corrected chi connectivity index (χ4v) is 4.42. The van der Waals surface area contributed by atoms with Gasteiger partial charge in [0.05, 0.1) is 0 Å². The molecular weight excluding hydrogens is 352 g/mol. The Bertz CT molecular complexity index is 641.